The molecule has 0 spiro atoms. The molecule has 0 bridgehead atoms. The average Bonchev–Trinajstić information content (AvgIpc) is 2.37. The van der Waals surface area contributed by atoms with Crippen LogP contribution in [0.15, 0.2) is 18.2 Å². The van der Waals surface area contributed by atoms with E-state index in [4.69, 9.17) is 9.84 Å². The van der Waals surface area contributed by atoms with Gasteiger partial charge in [0.05, 0.1) is 11.5 Å². The predicted octanol–water partition coefficient (Wildman–Crippen LogP) is 2.81. The highest BCUT2D eigenvalue weighted by Gasteiger charge is 2.19. The number of nitro benzene ring substituents is 1. The van der Waals surface area contributed by atoms with Crippen molar-refractivity contribution in [3.63, 3.8) is 0 Å². The highest BCUT2D eigenvalue weighted by molar-refractivity contribution is 5.58. The number of aliphatic hydroxyl groups excluding tert-OH is 1. The van der Waals surface area contributed by atoms with Gasteiger partial charge < -0.3 is 15.2 Å². The highest BCUT2D eigenvalue weighted by atomic mass is 16.6. The lowest BCUT2D eigenvalue weighted by molar-refractivity contribution is -0.385. The van der Waals surface area contributed by atoms with E-state index < -0.39 is 4.92 Å². The molecule has 6 nitrogen and oxygen atoms in total. The number of rotatable bonds is 8. The van der Waals surface area contributed by atoms with Crippen LogP contribution in [0.5, 0.6) is 5.75 Å². The summed E-state index contributed by atoms with van der Waals surface area (Å²) in [5.41, 5.74) is 0.680. The molecule has 0 unspecified atom stereocenters. The quantitative estimate of drug-likeness (QED) is 0.565. The second-order valence-electron chi connectivity index (χ2n) is 5.36. The van der Waals surface area contributed by atoms with E-state index in [0.29, 0.717) is 19.6 Å². The van der Waals surface area contributed by atoms with Crippen molar-refractivity contribution in [2.45, 2.75) is 27.2 Å². The normalized spacial score (nSPS) is 11.2. The fourth-order valence-electron chi connectivity index (χ4n) is 1.78. The summed E-state index contributed by atoms with van der Waals surface area (Å²) >= 11 is 0. The molecular weight excluding hydrogens is 260 g/mol. The number of ether oxygens (including phenoxy) is 1. The van der Waals surface area contributed by atoms with Gasteiger partial charge in [-0.1, -0.05) is 13.8 Å². The molecule has 2 N–H and O–H groups in total. The Balaban J connectivity index is 2.82. The van der Waals surface area contributed by atoms with E-state index in [-0.39, 0.29) is 23.5 Å². The minimum absolute atomic E-state index is 0.0352. The lowest BCUT2D eigenvalue weighted by atomic mass is 9.89. The Labute approximate surface area is 118 Å². The Morgan fingerprint density at radius 2 is 2.15 bits per heavy atom. The molecule has 0 aliphatic carbocycles. The van der Waals surface area contributed by atoms with Gasteiger partial charge in [-0.05, 0) is 24.8 Å². The Kier molecular flexibility index (Phi) is 5.76. The van der Waals surface area contributed by atoms with Crippen LogP contribution in [0.3, 0.4) is 0 Å². The van der Waals surface area contributed by atoms with Crippen molar-refractivity contribution in [3.05, 3.63) is 28.3 Å². The zero-order valence-electron chi connectivity index (χ0n) is 12.2. The first-order chi connectivity index (χ1) is 9.39. The van der Waals surface area contributed by atoms with Crippen LogP contribution in [0.25, 0.3) is 0 Å². The maximum atomic E-state index is 10.9. The Hall–Kier alpha value is -1.82. The van der Waals surface area contributed by atoms with Gasteiger partial charge in [-0.2, -0.15) is 0 Å². The molecule has 0 fully saturated rings. The molecule has 0 amide bonds. The summed E-state index contributed by atoms with van der Waals surface area (Å²) in [7, 11) is 0. The van der Waals surface area contributed by atoms with Gasteiger partial charge in [-0.15, -0.1) is 0 Å². The van der Waals surface area contributed by atoms with Crippen LogP contribution < -0.4 is 10.1 Å². The van der Waals surface area contributed by atoms with Crippen LogP contribution in [-0.2, 0) is 0 Å². The summed E-state index contributed by atoms with van der Waals surface area (Å²) in [6, 6.07) is 4.73. The van der Waals surface area contributed by atoms with E-state index in [0.717, 1.165) is 5.69 Å². The second-order valence-corrected chi connectivity index (χ2v) is 5.36. The number of aliphatic hydroxyl groups is 1. The Morgan fingerprint density at radius 1 is 1.45 bits per heavy atom. The van der Waals surface area contributed by atoms with Gasteiger partial charge in [0.2, 0.25) is 0 Å². The number of anilines is 1. The van der Waals surface area contributed by atoms with Crippen molar-refractivity contribution >= 4 is 11.4 Å². The number of hydrogen-bond donors (Lipinski definition) is 2. The van der Waals surface area contributed by atoms with Crippen LogP contribution in [-0.4, -0.2) is 29.8 Å². The van der Waals surface area contributed by atoms with Crippen molar-refractivity contribution in [1.29, 1.82) is 0 Å². The molecular formula is C14H22N2O4. The SMILES string of the molecule is CCOc1cc(NCC(C)(C)CCO)ccc1[N+](=O)[O-]. The minimum Gasteiger partial charge on any atom is -0.487 e. The van der Waals surface area contributed by atoms with Crippen molar-refractivity contribution in [1.82, 2.24) is 0 Å². The molecule has 0 heterocycles. The summed E-state index contributed by atoms with van der Waals surface area (Å²) in [6.45, 7) is 7.06. The maximum absolute atomic E-state index is 10.9. The molecule has 0 atom stereocenters. The van der Waals surface area contributed by atoms with E-state index in [1.165, 1.54) is 6.07 Å². The molecule has 1 aromatic carbocycles. The molecule has 0 radical (unpaired) electrons. The first-order valence-corrected chi connectivity index (χ1v) is 6.65. The van der Waals surface area contributed by atoms with Gasteiger partial charge in [-0.3, -0.25) is 10.1 Å². The summed E-state index contributed by atoms with van der Waals surface area (Å²) in [5, 5.41) is 23.1. The van der Waals surface area contributed by atoms with Gasteiger partial charge in [0, 0.05) is 31.0 Å². The lowest BCUT2D eigenvalue weighted by Gasteiger charge is -2.24. The zero-order valence-corrected chi connectivity index (χ0v) is 12.2. The van der Waals surface area contributed by atoms with Gasteiger partial charge in [0.15, 0.2) is 5.75 Å². The first kappa shape index (κ1) is 16.2. The van der Waals surface area contributed by atoms with Crippen LogP contribution >= 0.6 is 0 Å². The molecule has 1 rings (SSSR count). The van der Waals surface area contributed by atoms with Gasteiger partial charge in [0.1, 0.15) is 0 Å². The third-order valence-electron chi connectivity index (χ3n) is 3.02. The van der Waals surface area contributed by atoms with Crippen LogP contribution in [0.2, 0.25) is 0 Å². The number of nitro groups is 1. The monoisotopic (exact) mass is 282 g/mol. The molecule has 0 saturated heterocycles. The highest BCUT2D eigenvalue weighted by Crippen LogP contribution is 2.31. The molecule has 0 aliphatic rings. The number of nitrogens with one attached hydrogen (secondary N) is 1. The van der Waals surface area contributed by atoms with Crippen molar-refractivity contribution in [3.8, 4) is 5.75 Å². The lowest BCUT2D eigenvalue weighted by Crippen LogP contribution is -2.24. The fraction of sp³-hybridized carbons (Fsp3) is 0.571. The molecule has 0 aliphatic heterocycles. The maximum Gasteiger partial charge on any atom is 0.311 e. The van der Waals surface area contributed by atoms with Gasteiger partial charge >= 0.3 is 5.69 Å². The van der Waals surface area contributed by atoms with Gasteiger partial charge in [0.25, 0.3) is 0 Å². The molecule has 20 heavy (non-hydrogen) atoms. The summed E-state index contributed by atoms with van der Waals surface area (Å²) in [5.74, 6) is 0.266. The molecule has 6 heteroatoms. The van der Waals surface area contributed by atoms with Crippen LogP contribution in [0.1, 0.15) is 27.2 Å². The summed E-state index contributed by atoms with van der Waals surface area (Å²) in [4.78, 5) is 10.4. The second kappa shape index (κ2) is 7.09. The Morgan fingerprint density at radius 3 is 2.70 bits per heavy atom. The van der Waals surface area contributed by atoms with E-state index in [2.05, 4.69) is 5.32 Å². The van der Waals surface area contributed by atoms with E-state index in [9.17, 15) is 10.1 Å². The average molecular weight is 282 g/mol. The molecule has 0 aromatic heterocycles. The van der Waals surface area contributed by atoms with Crippen molar-refractivity contribution in [2.75, 3.05) is 25.1 Å². The van der Waals surface area contributed by atoms with Crippen molar-refractivity contribution < 1.29 is 14.8 Å². The molecule has 112 valence electrons. The third-order valence-corrected chi connectivity index (χ3v) is 3.02. The topological polar surface area (TPSA) is 84.6 Å². The fourth-order valence-corrected chi connectivity index (χ4v) is 1.78. The van der Waals surface area contributed by atoms with Crippen molar-refractivity contribution in [2.24, 2.45) is 5.41 Å². The smallest absolute Gasteiger partial charge is 0.311 e. The number of benzene rings is 1. The number of hydrogen-bond acceptors (Lipinski definition) is 5. The molecule has 1 aromatic rings. The zero-order chi connectivity index (χ0) is 15.2. The van der Waals surface area contributed by atoms with Crippen LogP contribution in [0.4, 0.5) is 11.4 Å². The predicted molar refractivity (Wildman–Crippen MR) is 78.2 cm³/mol. The van der Waals surface area contributed by atoms with Gasteiger partial charge in [-0.25, -0.2) is 0 Å². The summed E-state index contributed by atoms with van der Waals surface area (Å²) < 4.78 is 5.30. The number of nitrogens with zero attached hydrogens (tertiary/aromatic N) is 1. The third kappa shape index (κ3) is 4.70. The minimum atomic E-state index is -0.454. The van der Waals surface area contributed by atoms with E-state index >= 15 is 0 Å². The Bertz CT molecular complexity index is 460. The van der Waals surface area contributed by atoms with E-state index in [1.54, 1.807) is 19.1 Å². The largest absolute Gasteiger partial charge is 0.487 e. The van der Waals surface area contributed by atoms with Crippen LogP contribution in [0, 0.1) is 15.5 Å². The molecule has 0 saturated carbocycles. The first-order valence-electron chi connectivity index (χ1n) is 6.65. The summed E-state index contributed by atoms with van der Waals surface area (Å²) in [6.07, 6.45) is 0.686. The van der Waals surface area contributed by atoms with E-state index in [1.807, 2.05) is 13.8 Å². The standard InChI is InChI=1S/C14H22N2O4/c1-4-20-13-9-11(5-6-12(13)16(18)19)15-10-14(2,3)7-8-17/h5-6,9,15,17H,4,7-8,10H2,1-3H3.